The molecular formula is C13H18N2. The first-order chi connectivity index (χ1) is 7.12. The van der Waals surface area contributed by atoms with Crippen molar-refractivity contribution in [2.45, 2.75) is 32.7 Å². The van der Waals surface area contributed by atoms with Gasteiger partial charge in [0.1, 0.15) is 5.54 Å². The van der Waals surface area contributed by atoms with Gasteiger partial charge in [0.2, 0.25) is 0 Å². The molecule has 0 bridgehead atoms. The number of nitriles is 1. The van der Waals surface area contributed by atoms with Crippen molar-refractivity contribution in [3.63, 3.8) is 0 Å². The van der Waals surface area contributed by atoms with E-state index >= 15 is 0 Å². The summed E-state index contributed by atoms with van der Waals surface area (Å²) in [6.07, 6.45) is 0.990. The van der Waals surface area contributed by atoms with Crippen LogP contribution in [0, 0.1) is 17.2 Å². The van der Waals surface area contributed by atoms with Gasteiger partial charge >= 0.3 is 0 Å². The number of para-hydroxylation sites is 1. The predicted molar refractivity (Wildman–Crippen MR) is 63.5 cm³/mol. The molecule has 15 heavy (non-hydrogen) atoms. The van der Waals surface area contributed by atoms with Crippen molar-refractivity contribution in [1.82, 2.24) is 0 Å². The van der Waals surface area contributed by atoms with Crippen molar-refractivity contribution in [3.05, 3.63) is 30.3 Å². The molecule has 80 valence electrons. The van der Waals surface area contributed by atoms with Crippen LogP contribution in [0.1, 0.15) is 27.2 Å². The zero-order chi connectivity index (χ0) is 11.3. The molecule has 2 unspecified atom stereocenters. The Hall–Kier alpha value is -1.49. The number of nitrogens with zero attached hydrogens (tertiary/aromatic N) is 1. The van der Waals surface area contributed by atoms with Gasteiger partial charge in [0.05, 0.1) is 6.07 Å². The van der Waals surface area contributed by atoms with Crippen molar-refractivity contribution in [1.29, 1.82) is 5.26 Å². The van der Waals surface area contributed by atoms with E-state index in [4.69, 9.17) is 0 Å². The zero-order valence-corrected chi connectivity index (χ0v) is 9.62. The molecule has 1 aromatic rings. The summed E-state index contributed by atoms with van der Waals surface area (Å²) in [6.45, 7) is 6.15. The Bertz CT molecular complexity index is 339. The van der Waals surface area contributed by atoms with Crippen molar-refractivity contribution in [2.24, 2.45) is 5.92 Å². The molecule has 0 radical (unpaired) electrons. The van der Waals surface area contributed by atoms with Crippen molar-refractivity contribution in [3.8, 4) is 6.07 Å². The number of anilines is 1. The topological polar surface area (TPSA) is 35.8 Å². The lowest BCUT2D eigenvalue weighted by molar-refractivity contribution is 0.415. The van der Waals surface area contributed by atoms with Crippen molar-refractivity contribution >= 4 is 5.69 Å². The maximum Gasteiger partial charge on any atom is 0.125 e. The van der Waals surface area contributed by atoms with Crippen LogP contribution in [0.3, 0.4) is 0 Å². The molecule has 0 heterocycles. The highest BCUT2D eigenvalue weighted by Crippen LogP contribution is 2.24. The number of rotatable bonds is 4. The van der Waals surface area contributed by atoms with Crippen LogP contribution in [0.15, 0.2) is 30.3 Å². The second-order valence-corrected chi connectivity index (χ2v) is 4.11. The summed E-state index contributed by atoms with van der Waals surface area (Å²) in [5, 5.41) is 12.5. The second-order valence-electron chi connectivity index (χ2n) is 4.11. The van der Waals surface area contributed by atoms with Gasteiger partial charge in [-0.05, 0) is 25.0 Å². The predicted octanol–water partition coefficient (Wildman–Crippen LogP) is 3.43. The van der Waals surface area contributed by atoms with Crippen molar-refractivity contribution in [2.75, 3.05) is 5.32 Å². The highest BCUT2D eigenvalue weighted by atomic mass is 15.0. The van der Waals surface area contributed by atoms with E-state index < -0.39 is 5.54 Å². The average Bonchev–Trinajstić information content (AvgIpc) is 2.29. The van der Waals surface area contributed by atoms with Gasteiger partial charge in [-0.2, -0.15) is 5.26 Å². The summed E-state index contributed by atoms with van der Waals surface area (Å²) in [4.78, 5) is 0. The molecule has 0 aliphatic heterocycles. The summed E-state index contributed by atoms with van der Waals surface area (Å²) in [6, 6.07) is 12.2. The molecule has 2 atom stereocenters. The van der Waals surface area contributed by atoms with E-state index in [1.54, 1.807) is 0 Å². The summed E-state index contributed by atoms with van der Waals surface area (Å²) < 4.78 is 0. The van der Waals surface area contributed by atoms with Crippen LogP contribution in [0.25, 0.3) is 0 Å². The van der Waals surface area contributed by atoms with E-state index in [0.717, 1.165) is 12.1 Å². The molecule has 0 fully saturated rings. The summed E-state index contributed by atoms with van der Waals surface area (Å²) >= 11 is 0. The van der Waals surface area contributed by atoms with Crippen LogP contribution in [0.2, 0.25) is 0 Å². The third kappa shape index (κ3) is 2.73. The van der Waals surface area contributed by atoms with Gasteiger partial charge in [-0.1, -0.05) is 38.5 Å². The van der Waals surface area contributed by atoms with Gasteiger partial charge in [-0.25, -0.2) is 0 Å². The van der Waals surface area contributed by atoms with Gasteiger partial charge in [-0.3, -0.25) is 0 Å². The molecule has 0 spiro atoms. The number of benzene rings is 1. The Morgan fingerprint density at radius 2 is 2.00 bits per heavy atom. The zero-order valence-electron chi connectivity index (χ0n) is 9.62. The molecule has 0 saturated heterocycles. The molecule has 1 rings (SSSR count). The summed E-state index contributed by atoms with van der Waals surface area (Å²) in [7, 11) is 0. The fraction of sp³-hybridized carbons (Fsp3) is 0.462. The fourth-order valence-corrected chi connectivity index (χ4v) is 1.49. The smallest absolute Gasteiger partial charge is 0.125 e. The van der Waals surface area contributed by atoms with Gasteiger partial charge in [-0.15, -0.1) is 0 Å². The lowest BCUT2D eigenvalue weighted by Crippen LogP contribution is -2.39. The van der Waals surface area contributed by atoms with E-state index in [0.29, 0.717) is 5.92 Å². The first-order valence-corrected chi connectivity index (χ1v) is 5.37. The average molecular weight is 202 g/mol. The second kappa shape index (κ2) is 4.84. The molecule has 0 amide bonds. The fourth-order valence-electron chi connectivity index (χ4n) is 1.49. The maximum absolute atomic E-state index is 9.24. The molecular weight excluding hydrogens is 184 g/mol. The summed E-state index contributed by atoms with van der Waals surface area (Å²) in [5.41, 5.74) is 0.512. The highest BCUT2D eigenvalue weighted by molar-refractivity contribution is 5.47. The van der Waals surface area contributed by atoms with Gasteiger partial charge < -0.3 is 5.32 Å². The van der Waals surface area contributed by atoms with Gasteiger partial charge in [0.15, 0.2) is 0 Å². The van der Waals surface area contributed by atoms with E-state index in [9.17, 15) is 5.26 Å². The molecule has 0 aliphatic carbocycles. The van der Waals surface area contributed by atoms with Crippen LogP contribution in [0.5, 0.6) is 0 Å². The minimum atomic E-state index is -0.490. The molecule has 0 aliphatic rings. The summed E-state index contributed by atoms with van der Waals surface area (Å²) in [5.74, 6) is 0.322. The quantitative estimate of drug-likeness (QED) is 0.812. The van der Waals surface area contributed by atoms with Gasteiger partial charge in [0, 0.05) is 5.69 Å². The Morgan fingerprint density at radius 1 is 1.40 bits per heavy atom. The van der Waals surface area contributed by atoms with E-state index in [1.807, 2.05) is 37.3 Å². The third-order valence-electron chi connectivity index (χ3n) is 3.01. The van der Waals surface area contributed by atoms with Gasteiger partial charge in [0.25, 0.3) is 0 Å². The molecule has 1 aromatic carbocycles. The first kappa shape index (κ1) is 11.6. The minimum Gasteiger partial charge on any atom is -0.367 e. The lowest BCUT2D eigenvalue weighted by Gasteiger charge is -2.30. The number of hydrogen-bond donors (Lipinski definition) is 1. The number of hydrogen-bond acceptors (Lipinski definition) is 2. The molecule has 2 nitrogen and oxygen atoms in total. The maximum atomic E-state index is 9.24. The monoisotopic (exact) mass is 202 g/mol. The Balaban J connectivity index is 2.83. The largest absolute Gasteiger partial charge is 0.367 e. The molecule has 0 saturated carbocycles. The van der Waals surface area contributed by atoms with Crippen LogP contribution in [-0.2, 0) is 0 Å². The highest BCUT2D eigenvalue weighted by Gasteiger charge is 2.29. The van der Waals surface area contributed by atoms with Crippen molar-refractivity contribution < 1.29 is 0 Å². The SMILES string of the molecule is CCC(C)C(C)(C#N)Nc1ccccc1. The minimum absolute atomic E-state index is 0.322. The molecule has 1 N–H and O–H groups in total. The van der Waals surface area contributed by atoms with Crippen LogP contribution in [0.4, 0.5) is 5.69 Å². The Labute approximate surface area is 91.9 Å². The Kier molecular flexibility index (Phi) is 3.74. The van der Waals surface area contributed by atoms with E-state index in [1.165, 1.54) is 0 Å². The van der Waals surface area contributed by atoms with Crippen LogP contribution < -0.4 is 5.32 Å². The Morgan fingerprint density at radius 3 is 2.47 bits per heavy atom. The van der Waals surface area contributed by atoms with Crippen LogP contribution >= 0.6 is 0 Å². The first-order valence-electron chi connectivity index (χ1n) is 5.37. The lowest BCUT2D eigenvalue weighted by atomic mass is 9.86. The normalized spacial score (nSPS) is 16.1. The van der Waals surface area contributed by atoms with E-state index in [2.05, 4.69) is 25.2 Å². The third-order valence-corrected chi connectivity index (χ3v) is 3.01. The standard InChI is InChI=1S/C13H18N2/c1-4-11(2)13(3,10-14)15-12-8-6-5-7-9-12/h5-9,11,15H,4H2,1-3H3. The van der Waals surface area contributed by atoms with Crippen LogP contribution in [-0.4, -0.2) is 5.54 Å². The van der Waals surface area contributed by atoms with E-state index in [-0.39, 0.29) is 0 Å². The molecule has 0 aromatic heterocycles. The molecule has 2 heteroatoms. The number of nitrogens with one attached hydrogen (secondary N) is 1.